The molecule has 3 aromatic rings. The molecule has 0 amide bonds. The van der Waals surface area contributed by atoms with Crippen LogP contribution in [0, 0.1) is 11.3 Å². The van der Waals surface area contributed by atoms with Crippen molar-refractivity contribution in [2.45, 2.75) is 6.42 Å². The van der Waals surface area contributed by atoms with Gasteiger partial charge < -0.3 is 9.30 Å². The van der Waals surface area contributed by atoms with Crippen LogP contribution < -0.4 is 4.74 Å². The van der Waals surface area contributed by atoms with Crippen LogP contribution in [0.3, 0.4) is 0 Å². The van der Waals surface area contributed by atoms with Gasteiger partial charge in [0.15, 0.2) is 0 Å². The molecular weight excluding hydrogens is 262 g/mol. The van der Waals surface area contributed by atoms with Gasteiger partial charge in [-0.05, 0) is 29.8 Å². The topological polar surface area (TPSA) is 50.8 Å². The largest absolute Gasteiger partial charge is 0.494 e. The molecule has 4 nitrogen and oxygen atoms in total. The van der Waals surface area contributed by atoms with Gasteiger partial charge in [0.2, 0.25) is 0 Å². The highest BCUT2D eigenvalue weighted by Gasteiger charge is 2.11. The third-order valence-electron chi connectivity index (χ3n) is 3.63. The van der Waals surface area contributed by atoms with Gasteiger partial charge in [0.1, 0.15) is 17.1 Å². The summed E-state index contributed by atoms with van der Waals surface area (Å²) in [7, 11) is 3.66. The van der Waals surface area contributed by atoms with Crippen molar-refractivity contribution in [2.24, 2.45) is 7.05 Å². The lowest BCUT2D eigenvalue weighted by atomic mass is 10.1. The molecule has 21 heavy (non-hydrogen) atoms. The van der Waals surface area contributed by atoms with Crippen LogP contribution in [0.25, 0.3) is 11.0 Å². The second kappa shape index (κ2) is 5.29. The van der Waals surface area contributed by atoms with E-state index in [9.17, 15) is 0 Å². The van der Waals surface area contributed by atoms with Gasteiger partial charge in [0.25, 0.3) is 0 Å². The molecule has 4 heteroatoms. The van der Waals surface area contributed by atoms with E-state index in [-0.39, 0.29) is 0 Å². The maximum absolute atomic E-state index is 8.83. The van der Waals surface area contributed by atoms with Crippen LogP contribution in [0.5, 0.6) is 5.75 Å². The van der Waals surface area contributed by atoms with Crippen LogP contribution in [0.15, 0.2) is 42.5 Å². The standard InChI is InChI=1S/C17H15N3O/c1-20-14-4-3-5-15(21-2)17(14)19-16(20)10-12-6-8-13(11-18)9-7-12/h3-9H,10H2,1-2H3. The summed E-state index contributed by atoms with van der Waals surface area (Å²) in [6, 6.07) is 15.6. The first kappa shape index (κ1) is 13.2. The molecule has 1 heterocycles. The molecule has 0 aliphatic heterocycles. The fourth-order valence-corrected chi connectivity index (χ4v) is 2.44. The summed E-state index contributed by atoms with van der Waals surface area (Å²) in [4.78, 5) is 4.69. The molecule has 1 aromatic heterocycles. The molecule has 0 bridgehead atoms. The molecule has 0 radical (unpaired) electrons. The van der Waals surface area contributed by atoms with Crippen LogP contribution in [-0.4, -0.2) is 16.7 Å². The summed E-state index contributed by atoms with van der Waals surface area (Å²) in [6.07, 6.45) is 0.722. The molecule has 0 saturated heterocycles. The molecule has 2 aromatic carbocycles. The second-order valence-electron chi connectivity index (χ2n) is 4.90. The maximum Gasteiger partial charge on any atom is 0.146 e. The normalized spacial score (nSPS) is 10.5. The molecule has 0 atom stereocenters. The van der Waals surface area contributed by atoms with E-state index in [2.05, 4.69) is 10.6 Å². The number of imidazole rings is 1. The second-order valence-corrected chi connectivity index (χ2v) is 4.90. The lowest BCUT2D eigenvalue weighted by Gasteiger charge is -2.03. The van der Waals surface area contributed by atoms with E-state index in [0.29, 0.717) is 5.56 Å². The Bertz CT molecular complexity index is 826. The number of hydrogen-bond acceptors (Lipinski definition) is 3. The number of hydrogen-bond donors (Lipinski definition) is 0. The summed E-state index contributed by atoms with van der Waals surface area (Å²) in [5.74, 6) is 1.76. The van der Waals surface area contributed by atoms with Crippen molar-refractivity contribution < 1.29 is 4.74 Å². The number of para-hydroxylation sites is 1. The zero-order chi connectivity index (χ0) is 14.8. The third-order valence-corrected chi connectivity index (χ3v) is 3.63. The Balaban J connectivity index is 2.00. The zero-order valence-electron chi connectivity index (χ0n) is 12.0. The lowest BCUT2D eigenvalue weighted by molar-refractivity contribution is 0.419. The molecule has 3 rings (SSSR count). The van der Waals surface area contributed by atoms with Crippen molar-refractivity contribution in [2.75, 3.05) is 7.11 Å². The number of aromatic nitrogens is 2. The van der Waals surface area contributed by atoms with Gasteiger partial charge in [-0.15, -0.1) is 0 Å². The van der Waals surface area contributed by atoms with Crippen molar-refractivity contribution in [3.05, 3.63) is 59.4 Å². The molecule has 0 spiro atoms. The lowest BCUT2D eigenvalue weighted by Crippen LogP contribution is -1.99. The van der Waals surface area contributed by atoms with E-state index in [1.165, 1.54) is 0 Å². The third kappa shape index (κ3) is 2.34. The Hall–Kier alpha value is -2.80. The number of fused-ring (bicyclic) bond motifs is 1. The number of nitriles is 1. The summed E-state index contributed by atoms with van der Waals surface area (Å²) in [5.41, 5.74) is 3.74. The average molecular weight is 277 g/mol. The van der Waals surface area contributed by atoms with Gasteiger partial charge in [0, 0.05) is 13.5 Å². The highest BCUT2D eigenvalue weighted by atomic mass is 16.5. The summed E-state index contributed by atoms with van der Waals surface area (Å²) in [6.45, 7) is 0. The molecular formula is C17H15N3O. The van der Waals surface area contributed by atoms with E-state index in [0.717, 1.165) is 34.6 Å². The fourth-order valence-electron chi connectivity index (χ4n) is 2.44. The fraction of sp³-hybridized carbons (Fsp3) is 0.176. The minimum absolute atomic E-state index is 0.672. The van der Waals surface area contributed by atoms with Crippen LogP contribution in [-0.2, 0) is 13.5 Å². The van der Waals surface area contributed by atoms with E-state index in [4.69, 9.17) is 15.0 Å². The number of ether oxygens (including phenoxy) is 1. The Morgan fingerprint density at radius 3 is 2.62 bits per heavy atom. The number of methoxy groups -OCH3 is 1. The summed E-state index contributed by atoms with van der Waals surface area (Å²) >= 11 is 0. The van der Waals surface area contributed by atoms with Crippen molar-refractivity contribution in [1.29, 1.82) is 5.26 Å². The summed E-state index contributed by atoms with van der Waals surface area (Å²) in [5, 5.41) is 8.83. The zero-order valence-corrected chi connectivity index (χ0v) is 12.0. The predicted molar refractivity (Wildman–Crippen MR) is 81.2 cm³/mol. The Morgan fingerprint density at radius 2 is 1.95 bits per heavy atom. The molecule has 0 aliphatic carbocycles. The molecule has 0 aliphatic rings. The van der Waals surface area contributed by atoms with Gasteiger partial charge in [-0.2, -0.15) is 5.26 Å². The monoisotopic (exact) mass is 277 g/mol. The average Bonchev–Trinajstić information content (AvgIpc) is 2.84. The smallest absolute Gasteiger partial charge is 0.146 e. The minimum Gasteiger partial charge on any atom is -0.494 e. The first-order valence-corrected chi connectivity index (χ1v) is 6.70. The van der Waals surface area contributed by atoms with Gasteiger partial charge in [-0.1, -0.05) is 18.2 Å². The number of benzene rings is 2. The maximum atomic E-state index is 8.83. The summed E-state index contributed by atoms with van der Waals surface area (Å²) < 4.78 is 7.44. The van der Waals surface area contributed by atoms with E-state index in [1.807, 2.05) is 49.5 Å². The number of aryl methyl sites for hydroxylation is 1. The highest BCUT2D eigenvalue weighted by molar-refractivity contribution is 5.82. The van der Waals surface area contributed by atoms with E-state index < -0.39 is 0 Å². The Kier molecular flexibility index (Phi) is 3.33. The van der Waals surface area contributed by atoms with Crippen LogP contribution in [0.1, 0.15) is 17.0 Å². The van der Waals surface area contributed by atoms with Gasteiger partial charge >= 0.3 is 0 Å². The van der Waals surface area contributed by atoms with Crippen molar-refractivity contribution in [1.82, 2.24) is 9.55 Å². The predicted octanol–water partition coefficient (Wildman–Crippen LogP) is 3.04. The molecule has 0 N–H and O–H groups in total. The molecule has 0 fully saturated rings. The molecule has 0 saturated carbocycles. The first-order chi connectivity index (χ1) is 10.2. The van der Waals surface area contributed by atoms with Gasteiger partial charge in [0.05, 0.1) is 24.3 Å². The molecule has 104 valence electrons. The Labute approximate surface area is 123 Å². The van der Waals surface area contributed by atoms with Crippen LogP contribution in [0.4, 0.5) is 0 Å². The first-order valence-electron chi connectivity index (χ1n) is 6.70. The van der Waals surface area contributed by atoms with Crippen LogP contribution in [0.2, 0.25) is 0 Å². The van der Waals surface area contributed by atoms with Gasteiger partial charge in [-0.25, -0.2) is 4.98 Å². The Morgan fingerprint density at radius 1 is 1.19 bits per heavy atom. The van der Waals surface area contributed by atoms with Crippen molar-refractivity contribution in [3.63, 3.8) is 0 Å². The van der Waals surface area contributed by atoms with Crippen molar-refractivity contribution in [3.8, 4) is 11.8 Å². The highest BCUT2D eigenvalue weighted by Crippen LogP contribution is 2.25. The quantitative estimate of drug-likeness (QED) is 0.739. The van der Waals surface area contributed by atoms with Crippen LogP contribution >= 0.6 is 0 Å². The van der Waals surface area contributed by atoms with Gasteiger partial charge in [-0.3, -0.25) is 0 Å². The number of nitrogens with zero attached hydrogens (tertiary/aromatic N) is 3. The van der Waals surface area contributed by atoms with Crippen molar-refractivity contribution >= 4 is 11.0 Å². The van der Waals surface area contributed by atoms with E-state index >= 15 is 0 Å². The minimum atomic E-state index is 0.672. The number of rotatable bonds is 3. The SMILES string of the molecule is COc1cccc2c1nc(Cc1ccc(C#N)cc1)n2C. The molecule has 0 unspecified atom stereocenters. The van der Waals surface area contributed by atoms with E-state index in [1.54, 1.807) is 7.11 Å².